The molecule has 0 aliphatic heterocycles. The summed E-state index contributed by atoms with van der Waals surface area (Å²) >= 11 is 0. The molecule has 10 nitrogen and oxygen atoms in total. The number of H-pyrrole nitrogens is 1. The van der Waals surface area contributed by atoms with Crippen molar-refractivity contribution in [2.75, 3.05) is 6.54 Å². The number of aliphatic hydroxyl groups is 1. The van der Waals surface area contributed by atoms with Crippen LogP contribution < -0.4 is 5.56 Å². The average molecular weight is 469 g/mol. The molecule has 1 atom stereocenters. The van der Waals surface area contributed by atoms with Gasteiger partial charge in [-0.25, -0.2) is 4.79 Å². The number of aryl methyl sites for hydroxylation is 1. The Morgan fingerprint density at radius 3 is 2.53 bits per heavy atom. The van der Waals surface area contributed by atoms with Crippen molar-refractivity contribution in [1.29, 1.82) is 0 Å². The Balaban J connectivity index is 1.95. The molecule has 0 unspecified atom stereocenters. The summed E-state index contributed by atoms with van der Waals surface area (Å²) in [6, 6.07) is 9.99. The Kier molecular flexibility index (Phi) is 6.92. The number of nitrogens with zero attached hydrogens (tertiary/aromatic N) is 2. The van der Waals surface area contributed by atoms with Crippen molar-refractivity contribution >= 4 is 22.7 Å². The highest BCUT2D eigenvalue weighted by molar-refractivity contribution is 5.87. The second kappa shape index (κ2) is 9.52. The fourth-order valence-corrected chi connectivity index (χ4v) is 3.56. The molecule has 0 saturated heterocycles. The van der Waals surface area contributed by atoms with Crippen LogP contribution in [0.4, 0.5) is 10.5 Å². The lowest BCUT2D eigenvalue weighted by atomic mass is 10.0. The third kappa shape index (κ3) is 5.70. The Morgan fingerprint density at radius 1 is 1.21 bits per heavy atom. The highest BCUT2D eigenvalue weighted by Gasteiger charge is 2.26. The number of nitrogens with one attached hydrogen (secondary N) is 1. The standard InChI is InChI=1S/C24H27N3O7/c1-14-11-16(27(32)33)6-5-15(14)12-26(23(31)34-24(2,3)4)13-20(29)17-7-9-19(28)22-18(17)8-10-21(30)25-22/h5-11,20,28-29H,12-13H2,1-4H3,(H,25,30)/t20-/m0/s1. The number of nitro groups is 1. The van der Waals surface area contributed by atoms with E-state index in [0.717, 1.165) is 0 Å². The molecule has 1 aromatic heterocycles. The second-order valence-electron chi connectivity index (χ2n) is 9.03. The smallest absolute Gasteiger partial charge is 0.410 e. The molecule has 0 spiro atoms. The average Bonchev–Trinajstić information content (AvgIpc) is 2.73. The maximum absolute atomic E-state index is 13.0. The molecule has 10 heteroatoms. The first-order valence-corrected chi connectivity index (χ1v) is 10.6. The molecule has 0 bridgehead atoms. The normalized spacial score (nSPS) is 12.4. The van der Waals surface area contributed by atoms with E-state index in [0.29, 0.717) is 22.1 Å². The van der Waals surface area contributed by atoms with E-state index in [4.69, 9.17) is 4.74 Å². The van der Waals surface area contributed by atoms with E-state index in [1.54, 1.807) is 33.8 Å². The van der Waals surface area contributed by atoms with Crippen LogP contribution in [0, 0.1) is 17.0 Å². The number of ether oxygens (including phenoxy) is 1. The van der Waals surface area contributed by atoms with Gasteiger partial charge < -0.3 is 24.8 Å². The Hall–Kier alpha value is -3.92. The molecule has 180 valence electrons. The van der Waals surface area contributed by atoms with E-state index >= 15 is 0 Å². The van der Waals surface area contributed by atoms with Crippen LogP contribution in [0.1, 0.15) is 43.6 Å². The quantitative estimate of drug-likeness (QED) is 0.366. The van der Waals surface area contributed by atoms with E-state index in [-0.39, 0.29) is 30.0 Å². The number of rotatable bonds is 6. The molecule has 0 aliphatic rings. The van der Waals surface area contributed by atoms with Gasteiger partial charge >= 0.3 is 6.09 Å². The van der Waals surface area contributed by atoms with Crippen LogP contribution in [-0.4, -0.2) is 43.3 Å². The largest absolute Gasteiger partial charge is 0.506 e. The van der Waals surface area contributed by atoms with Crippen molar-refractivity contribution in [3.63, 3.8) is 0 Å². The Bertz CT molecular complexity index is 1290. The van der Waals surface area contributed by atoms with Crippen molar-refractivity contribution < 1.29 is 24.7 Å². The lowest BCUT2D eigenvalue weighted by Gasteiger charge is -2.29. The molecule has 3 rings (SSSR count). The number of amides is 1. The van der Waals surface area contributed by atoms with Crippen molar-refractivity contribution in [2.45, 2.75) is 45.9 Å². The summed E-state index contributed by atoms with van der Waals surface area (Å²) in [5, 5.41) is 32.6. The summed E-state index contributed by atoms with van der Waals surface area (Å²) in [6.45, 7) is 6.75. The lowest BCUT2D eigenvalue weighted by Crippen LogP contribution is -2.39. The van der Waals surface area contributed by atoms with Gasteiger partial charge in [0.05, 0.1) is 23.1 Å². The fraction of sp³-hybridized carbons (Fsp3) is 0.333. The van der Waals surface area contributed by atoms with Gasteiger partial charge in [0.1, 0.15) is 11.4 Å². The SMILES string of the molecule is Cc1cc([N+](=O)[O-])ccc1CN(C[C@H](O)c1ccc(O)c2[nH]c(=O)ccc12)C(=O)OC(C)(C)C. The van der Waals surface area contributed by atoms with Crippen LogP contribution in [0.5, 0.6) is 5.75 Å². The first-order valence-electron chi connectivity index (χ1n) is 10.6. The van der Waals surface area contributed by atoms with Gasteiger partial charge in [0.15, 0.2) is 0 Å². The van der Waals surface area contributed by atoms with Gasteiger partial charge in [-0.3, -0.25) is 14.9 Å². The van der Waals surface area contributed by atoms with E-state index in [9.17, 15) is 29.9 Å². The highest BCUT2D eigenvalue weighted by Crippen LogP contribution is 2.30. The Morgan fingerprint density at radius 2 is 1.91 bits per heavy atom. The summed E-state index contributed by atoms with van der Waals surface area (Å²) in [5.74, 6) is -0.144. The predicted octanol–water partition coefficient (Wildman–Crippen LogP) is 3.92. The van der Waals surface area contributed by atoms with Crippen LogP contribution in [0.25, 0.3) is 10.9 Å². The number of pyridine rings is 1. The minimum atomic E-state index is -1.18. The molecule has 34 heavy (non-hydrogen) atoms. The summed E-state index contributed by atoms with van der Waals surface area (Å²) in [4.78, 5) is 39.1. The number of phenols is 1. The van der Waals surface area contributed by atoms with Gasteiger partial charge in [-0.1, -0.05) is 12.1 Å². The number of aromatic hydroxyl groups is 1. The number of nitro benzene ring substituents is 1. The minimum Gasteiger partial charge on any atom is -0.506 e. The second-order valence-corrected chi connectivity index (χ2v) is 9.03. The number of fused-ring (bicyclic) bond motifs is 1. The number of aromatic amines is 1. The monoisotopic (exact) mass is 469 g/mol. The number of carbonyl (C=O) groups is 1. The van der Waals surface area contributed by atoms with E-state index in [1.165, 1.54) is 41.3 Å². The molecule has 0 radical (unpaired) electrons. The molecule has 0 saturated carbocycles. The molecule has 0 aliphatic carbocycles. The van der Waals surface area contributed by atoms with Crippen LogP contribution >= 0.6 is 0 Å². The maximum atomic E-state index is 13.0. The molecule has 3 N–H and O–H groups in total. The number of carbonyl (C=O) groups excluding carboxylic acids is 1. The zero-order chi connectivity index (χ0) is 25.2. The van der Waals surface area contributed by atoms with Gasteiger partial charge in [0.25, 0.3) is 5.69 Å². The number of aromatic nitrogens is 1. The van der Waals surface area contributed by atoms with Crippen molar-refractivity contribution in [3.05, 3.63) is 79.6 Å². The van der Waals surface area contributed by atoms with Crippen LogP contribution in [-0.2, 0) is 11.3 Å². The van der Waals surface area contributed by atoms with Crippen molar-refractivity contribution in [3.8, 4) is 5.75 Å². The third-order valence-corrected chi connectivity index (χ3v) is 5.21. The van der Waals surface area contributed by atoms with Gasteiger partial charge in [-0.15, -0.1) is 0 Å². The molecule has 1 heterocycles. The summed E-state index contributed by atoms with van der Waals surface area (Å²) in [7, 11) is 0. The molecular weight excluding hydrogens is 442 g/mol. The van der Waals surface area contributed by atoms with Crippen molar-refractivity contribution in [1.82, 2.24) is 9.88 Å². The fourth-order valence-electron chi connectivity index (χ4n) is 3.56. The highest BCUT2D eigenvalue weighted by atomic mass is 16.6. The van der Waals surface area contributed by atoms with Crippen LogP contribution in [0.3, 0.4) is 0 Å². The van der Waals surface area contributed by atoms with Gasteiger partial charge in [0.2, 0.25) is 5.56 Å². The number of benzene rings is 2. The summed E-state index contributed by atoms with van der Waals surface area (Å²) in [6.07, 6.45) is -1.85. The van der Waals surface area contributed by atoms with Crippen LogP contribution in [0.15, 0.2) is 47.3 Å². The van der Waals surface area contributed by atoms with Gasteiger partial charge in [-0.05, 0) is 56.5 Å². The molecule has 3 aromatic rings. The number of hydrogen-bond acceptors (Lipinski definition) is 7. The lowest BCUT2D eigenvalue weighted by molar-refractivity contribution is -0.384. The van der Waals surface area contributed by atoms with Crippen molar-refractivity contribution in [2.24, 2.45) is 0 Å². The number of hydrogen-bond donors (Lipinski definition) is 3. The molecule has 0 fully saturated rings. The topological polar surface area (TPSA) is 146 Å². The van der Waals surface area contributed by atoms with E-state index in [2.05, 4.69) is 4.98 Å². The van der Waals surface area contributed by atoms with E-state index < -0.39 is 28.3 Å². The zero-order valence-corrected chi connectivity index (χ0v) is 19.4. The molecule has 1 amide bonds. The Labute approximate surface area is 195 Å². The number of phenolic OH excluding ortho intramolecular Hbond substituents is 1. The number of non-ortho nitro benzene ring substituents is 1. The third-order valence-electron chi connectivity index (χ3n) is 5.21. The van der Waals surface area contributed by atoms with Crippen LogP contribution in [0.2, 0.25) is 0 Å². The first kappa shape index (κ1) is 24.7. The van der Waals surface area contributed by atoms with E-state index in [1.807, 2.05) is 0 Å². The predicted molar refractivity (Wildman–Crippen MR) is 126 cm³/mol. The minimum absolute atomic E-state index is 0.0443. The zero-order valence-electron chi connectivity index (χ0n) is 19.4. The first-order chi connectivity index (χ1) is 15.9. The summed E-state index contributed by atoms with van der Waals surface area (Å²) in [5.41, 5.74) is 0.605. The van der Waals surface area contributed by atoms with Gasteiger partial charge in [-0.2, -0.15) is 0 Å². The maximum Gasteiger partial charge on any atom is 0.410 e. The number of aliphatic hydroxyl groups excluding tert-OH is 1. The molecular formula is C24H27N3O7. The summed E-state index contributed by atoms with van der Waals surface area (Å²) < 4.78 is 5.51. The van der Waals surface area contributed by atoms with Gasteiger partial charge in [0, 0.05) is 30.1 Å². The molecule has 2 aromatic carbocycles.